The third-order valence-electron chi connectivity index (χ3n) is 3.62. The maximum atomic E-state index is 4.72. The van der Waals surface area contributed by atoms with Gasteiger partial charge in [0.25, 0.3) is 0 Å². The van der Waals surface area contributed by atoms with Crippen LogP contribution in [0.1, 0.15) is 42.3 Å². The summed E-state index contributed by atoms with van der Waals surface area (Å²) in [7, 11) is 0. The Kier molecular flexibility index (Phi) is 5.79. The second-order valence-electron chi connectivity index (χ2n) is 5.94. The highest BCUT2D eigenvalue weighted by atomic mass is 32.1. The van der Waals surface area contributed by atoms with Crippen LogP contribution in [0.4, 0.5) is 0 Å². The van der Waals surface area contributed by atoms with Gasteiger partial charge in [-0.15, -0.1) is 11.3 Å². The highest BCUT2D eigenvalue weighted by molar-refractivity contribution is 7.11. The van der Waals surface area contributed by atoms with Crippen molar-refractivity contribution in [1.29, 1.82) is 0 Å². The Hall–Kier alpha value is -0.450. The van der Waals surface area contributed by atoms with E-state index in [1.54, 1.807) is 0 Å². The molecule has 1 saturated heterocycles. The van der Waals surface area contributed by atoms with Crippen LogP contribution >= 0.6 is 11.3 Å². The second-order valence-corrected chi connectivity index (χ2v) is 7.11. The molecule has 1 aliphatic rings. The lowest BCUT2D eigenvalue weighted by atomic mass is 10.2. The first-order valence-corrected chi connectivity index (χ1v) is 8.35. The van der Waals surface area contributed by atoms with E-state index in [1.807, 2.05) is 11.3 Å². The monoisotopic (exact) mass is 281 g/mol. The summed E-state index contributed by atoms with van der Waals surface area (Å²) >= 11 is 1.89. The van der Waals surface area contributed by atoms with E-state index in [1.165, 1.54) is 48.1 Å². The summed E-state index contributed by atoms with van der Waals surface area (Å²) in [4.78, 5) is 8.70. The molecule has 1 aromatic heterocycles. The largest absolute Gasteiger partial charge is 0.312 e. The van der Waals surface area contributed by atoms with Gasteiger partial charge in [-0.2, -0.15) is 0 Å². The Morgan fingerprint density at radius 1 is 1.32 bits per heavy atom. The van der Waals surface area contributed by atoms with Crippen molar-refractivity contribution in [2.24, 2.45) is 5.92 Å². The van der Waals surface area contributed by atoms with Crippen LogP contribution in [0.5, 0.6) is 0 Å². The van der Waals surface area contributed by atoms with Crippen molar-refractivity contribution in [3.8, 4) is 0 Å². The van der Waals surface area contributed by atoms with Gasteiger partial charge in [0.1, 0.15) is 0 Å². The van der Waals surface area contributed by atoms with Gasteiger partial charge in [-0.3, -0.25) is 0 Å². The SMILES string of the molecule is Cc1nc(CCN2CCCC2)sc1CNCC(C)C. The second kappa shape index (κ2) is 7.36. The first kappa shape index (κ1) is 14.9. The van der Waals surface area contributed by atoms with Gasteiger partial charge in [-0.25, -0.2) is 4.98 Å². The predicted molar refractivity (Wildman–Crippen MR) is 82.8 cm³/mol. The van der Waals surface area contributed by atoms with Gasteiger partial charge in [0.15, 0.2) is 0 Å². The van der Waals surface area contributed by atoms with Gasteiger partial charge in [0.05, 0.1) is 10.7 Å². The summed E-state index contributed by atoms with van der Waals surface area (Å²) in [5.74, 6) is 0.711. The van der Waals surface area contributed by atoms with E-state index in [0.29, 0.717) is 5.92 Å². The van der Waals surface area contributed by atoms with Gasteiger partial charge in [0, 0.05) is 24.4 Å². The molecule has 1 aromatic rings. The molecule has 0 bridgehead atoms. The topological polar surface area (TPSA) is 28.2 Å². The summed E-state index contributed by atoms with van der Waals surface area (Å²) in [6.45, 7) is 12.4. The Morgan fingerprint density at radius 2 is 2.05 bits per heavy atom. The van der Waals surface area contributed by atoms with E-state index in [9.17, 15) is 0 Å². The van der Waals surface area contributed by atoms with Crippen LogP contribution in [-0.2, 0) is 13.0 Å². The highest BCUT2D eigenvalue weighted by Gasteiger charge is 2.13. The fourth-order valence-corrected chi connectivity index (χ4v) is 3.52. The van der Waals surface area contributed by atoms with Gasteiger partial charge < -0.3 is 10.2 Å². The van der Waals surface area contributed by atoms with Gasteiger partial charge in [0.2, 0.25) is 0 Å². The van der Waals surface area contributed by atoms with Crippen molar-refractivity contribution in [3.63, 3.8) is 0 Å². The number of nitrogens with zero attached hydrogens (tertiary/aromatic N) is 2. The van der Waals surface area contributed by atoms with Crippen LogP contribution in [0.2, 0.25) is 0 Å². The first-order chi connectivity index (χ1) is 9.15. The fourth-order valence-electron chi connectivity index (χ4n) is 2.49. The molecule has 0 atom stereocenters. The van der Waals surface area contributed by atoms with Gasteiger partial charge >= 0.3 is 0 Å². The van der Waals surface area contributed by atoms with Crippen LogP contribution in [0.25, 0.3) is 0 Å². The molecule has 3 nitrogen and oxygen atoms in total. The molecule has 19 heavy (non-hydrogen) atoms. The number of likely N-dealkylation sites (tertiary alicyclic amines) is 1. The summed E-state index contributed by atoms with van der Waals surface area (Å²) in [5.41, 5.74) is 1.22. The number of hydrogen-bond donors (Lipinski definition) is 1. The van der Waals surface area contributed by atoms with Crippen LogP contribution in [0.3, 0.4) is 0 Å². The van der Waals surface area contributed by atoms with Crippen molar-refractivity contribution < 1.29 is 0 Å². The molecule has 0 spiro atoms. The molecule has 1 N–H and O–H groups in total. The number of nitrogens with one attached hydrogen (secondary N) is 1. The van der Waals surface area contributed by atoms with Crippen LogP contribution in [0.15, 0.2) is 0 Å². The number of thiazole rings is 1. The zero-order valence-electron chi connectivity index (χ0n) is 12.5. The average molecular weight is 281 g/mol. The van der Waals surface area contributed by atoms with E-state index in [4.69, 9.17) is 4.98 Å². The number of rotatable bonds is 7. The summed E-state index contributed by atoms with van der Waals surface area (Å²) < 4.78 is 0. The molecule has 2 heterocycles. The molecule has 2 rings (SSSR count). The quantitative estimate of drug-likeness (QED) is 0.833. The van der Waals surface area contributed by atoms with E-state index < -0.39 is 0 Å². The molecule has 0 amide bonds. The fraction of sp³-hybridized carbons (Fsp3) is 0.800. The summed E-state index contributed by atoms with van der Waals surface area (Å²) in [6, 6.07) is 0. The van der Waals surface area contributed by atoms with Crippen LogP contribution in [-0.4, -0.2) is 36.1 Å². The zero-order chi connectivity index (χ0) is 13.7. The lowest BCUT2D eigenvalue weighted by Gasteiger charge is -2.12. The standard InChI is InChI=1S/C15H27N3S/c1-12(2)10-16-11-14-13(3)17-15(19-14)6-9-18-7-4-5-8-18/h12,16H,4-11H2,1-3H3. The lowest BCUT2D eigenvalue weighted by molar-refractivity contribution is 0.343. The molecule has 0 unspecified atom stereocenters. The van der Waals surface area contributed by atoms with Crippen molar-refractivity contribution >= 4 is 11.3 Å². The Bertz CT molecular complexity index is 381. The number of aryl methyl sites for hydroxylation is 1. The molecule has 1 fully saturated rings. The maximum absolute atomic E-state index is 4.72. The Labute approximate surface area is 121 Å². The molecular weight excluding hydrogens is 254 g/mol. The van der Waals surface area contributed by atoms with E-state index in [-0.39, 0.29) is 0 Å². The summed E-state index contributed by atoms with van der Waals surface area (Å²) in [6.07, 6.45) is 3.87. The Balaban J connectivity index is 1.78. The molecule has 0 aliphatic carbocycles. The molecule has 0 saturated carbocycles. The molecule has 108 valence electrons. The molecule has 1 aliphatic heterocycles. The number of aromatic nitrogens is 1. The average Bonchev–Trinajstić information content (AvgIpc) is 2.97. The first-order valence-electron chi connectivity index (χ1n) is 7.53. The molecular formula is C15H27N3S. The minimum Gasteiger partial charge on any atom is -0.312 e. The smallest absolute Gasteiger partial charge is 0.0944 e. The molecule has 0 radical (unpaired) electrons. The maximum Gasteiger partial charge on any atom is 0.0944 e. The number of hydrogen-bond acceptors (Lipinski definition) is 4. The van der Waals surface area contributed by atoms with Crippen molar-refractivity contribution in [2.75, 3.05) is 26.2 Å². The third-order valence-corrected chi connectivity index (χ3v) is 4.83. The summed E-state index contributed by atoms with van der Waals surface area (Å²) in [5, 5.41) is 4.82. The lowest BCUT2D eigenvalue weighted by Crippen LogP contribution is -2.21. The van der Waals surface area contributed by atoms with E-state index >= 15 is 0 Å². The minimum atomic E-state index is 0.711. The van der Waals surface area contributed by atoms with Crippen LogP contribution in [0, 0.1) is 12.8 Å². The van der Waals surface area contributed by atoms with Crippen molar-refractivity contribution in [3.05, 3.63) is 15.6 Å². The van der Waals surface area contributed by atoms with Crippen LogP contribution < -0.4 is 5.32 Å². The molecule has 0 aromatic carbocycles. The van der Waals surface area contributed by atoms with Crippen molar-refractivity contribution in [2.45, 2.75) is 46.6 Å². The van der Waals surface area contributed by atoms with E-state index in [2.05, 4.69) is 31.0 Å². The minimum absolute atomic E-state index is 0.711. The highest BCUT2D eigenvalue weighted by Crippen LogP contribution is 2.19. The van der Waals surface area contributed by atoms with E-state index in [0.717, 1.165) is 19.5 Å². The van der Waals surface area contributed by atoms with Crippen molar-refractivity contribution in [1.82, 2.24) is 15.2 Å². The van der Waals surface area contributed by atoms with Gasteiger partial charge in [-0.1, -0.05) is 13.8 Å². The molecule has 4 heteroatoms. The zero-order valence-corrected chi connectivity index (χ0v) is 13.4. The normalized spacial score (nSPS) is 16.6. The Morgan fingerprint density at radius 3 is 2.74 bits per heavy atom. The predicted octanol–water partition coefficient (Wildman–Crippen LogP) is 2.84. The third kappa shape index (κ3) is 4.86. The van der Waals surface area contributed by atoms with Gasteiger partial charge in [-0.05, 0) is 45.3 Å².